The van der Waals surface area contributed by atoms with Crippen LogP contribution >= 0.6 is 67.4 Å². The average molecular weight is 535 g/mol. The lowest BCUT2D eigenvalue weighted by Crippen LogP contribution is -2.27. The first-order valence-corrected chi connectivity index (χ1v) is 10.1. The Kier molecular flexibility index (Phi) is 5.83. The second-order valence-electron chi connectivity index (χ2n) is 5.08. The van der Waals surface area contributed by atoms with E-state index in [0.717, 1.165) is 11.8 Å². The summed E-state index contributed by atoms with van der Waals surface area (Å²) in [6.07, 6.45) is 1.58. The van der Waals surface area contributed by atoms with E-state index >= 15 is 0 Å². The predicted octanol–water partition coefficient (Wildman–Crippen LogP) is 6.18. The fourth-order valence-electron chi connectivity index (χ4n) is 2.23. The van der Waals surface area contributed by atoms with Gasteiger partial charge in [-0.05, 0) is 67.8 Å². The molecule has 1 saturated heterocycles. The zero-order valence-corrected chi connectivity index (χ0v) is 18.2. The Bertz CT molecular complexity index is 997. The van der Waals surface area contributed by atoms with Crippen LogP contribution in [-0.4, -0.2) is 15.2 Å². The normalized spacial score (nSPS) is 15.8. The number of hydrogen-bond donors (Lipinski definition) is 0. The zero-order valence-electron chi connectivity index (χ0n) is 12.6. The number of carbonyl (C=O) groups excluding carboxylic acids is 1. The van der Waals surface area contributed by atoms with Crippen molar-refractivity contribution in [2.24, 2.45) is 0 Å². The number of rotatable bonds is 3. The minimum atomic E-state index is -0.490. The van der Waals surface area contributed by atoms with Crippen LogP contribution < -0.4 is 4.90 Å². The molecule has 0 saturated carbocycles. The summed E-state index contributed by atoms with van der Waals surface area (Å²) >= 11 is 19.0. The van der Waals surface area contributed by atoms with Crippen molar-refractivity contribution in [1.29, 1.82) is 0 Å². The van der Waals surface area contributed by atoms with Crippen molar-refractivity contribution in [3.8, 4) is 0 Å². The predicted molar refractivity (Wildman–Crippen MR) is 116 cm³/mol. The highest BCUT2D eigenvalue weighted by Gasteiger charge is 2.33. The van der Waals surface area contributed by atoms with Crippen LogP contribution in [0.1, 0.15) is 5.56 Å². The monoisotopic (exact) mass is 532 g/mol. The van der Waals surface area contributed by atoms with Crippen LogP contribution in [0, 0.1) is 10.1 Å². The third kappa shape index (κ3) is 3.86. The SMILES string of the molecule is O=C1/C(=C/c2ccc(Br)c([N+](=O)[O-])c2)SC(=S)N1c1ccc(Br)c(Cl)c1. The number of nitro groups is 1. The summed E-state index contributed by atoms with van der Waals surface area (Å²) in [7, 11) is 0. The minimum absolute atomic E-state index is 0.0751. The van der Waals surface area contributed by atoms with Gasteiger partial charge in [0.25, 0.3) is 11.6 Å². The van der Waals surface area contributed by atoms with Gasteiger partial charge in [0.15, 0.2) is 4.32 Å². The van der Waals surface area contributed by atoms with E-state index in [1.165, 1.54) is 11.0 Å². The van der Waals surface area contributed by atoms with Crippen LogP contribution in [0.15, 0.2) is 50.2 Å². The molecule has 0 radical (unpaired) electrons. The average Bonchev–Trinajstić information content (AvgIpc) is 2.85. The van der Waals surface area contributed by atoms with Crippen molar-refractivity contribution in [3.63, 3.8) is 0 Å². The molecule has 3 rings (SSSR count). The van der Waals surface area contributed by atoms with Gasteiger partial charge >= 0.3 is 0 Å². The number of hydrogen-bond acceptors (Lipinski definition) is 5. The number of nitro benzene ring substituents is 1. The molecule has 0 aromatic heterocycles. The Balaban J connectivity index is 1.96. The Hall–Kier alpha value is -1.26. The maximum atomic E-state index is 12.8. The molecule has 2 aromatic carbocycles. The lowest BCUT2D eigenvalue weighted by atomic mass is 10.2. The second-order valence-corrected chi connectivity index (χ2v) is 8.88. The topological polar surface area (TPSA) is 63.4 Å². The summed E-state index contributed by atoms with van der Waals surface area (Å²) in [6.45, 7) is 0. The molecule has 26 heavy (non-hydrogen) atoms. The van der Waals surface area contributed by atoms with Crippen LogP contribution in [0.2, 0.25) is 5.02 Å². The van der Waals surface area contributed by atoms with E-state index in [2.05, 4.69) is 31.9 Å². The summed E-state index contributed by atoms with van der Waals surface area (Å²) in [4.78, 5) is 25.1. The Morgan fingerprint density at radius 3 is 2.54 bits per heavy atom. The van der Waals surface area contributed by atoms with Gasteiger partial charge in [-0.2, -0.15) is 0 Å². The molecule has 0 N–H and O–H groups in total. The van der Waals surface area contributed by atoms with Gasteiger partial charge in [-0.3, -0.25) is 19.8 Å². The molecule has 10 heteroatoms. The van der Waals surface area contributed by atoms with Crippen LogP contribution in [0.4, 0.5) is 11.4 Å². The van der Waals surface area contributed by atoms with Crippen molar-refractivity contribution >= 4 is 95.1 Å². The maximum absolute atomic E-state index is 12.8. The summed E-state index contributed by atoms with van der Waals surface area (Å²) < 4.78 is 1.45. The van der Waals surface area contributed by atoms with Gasteiger partial charge in [0, 0.05) is 10.5 Å². The molecule has 1 aliphatic heterocycles. The third-order valence-corrected chi connectivity index (χ3v) is 6.62. The summed E-state index contributed by atoms with van der Waals surface area (Å²) in [5.41, 5.74) is 1.02. The summed E-state index contributed by atoms with van der Waals surface area (Å²) in [6, 6.07) is 9.75. The molecule has 0 atom stereocenters. The van der Waals surface area contributed by atoms with Crippen molar-refractivity contribution in [3.05, 3.63) is 70.9 Å². The van der Waals surface area contributed by atoms with E-state index in [1.54, 1.807) is 36.4 Å². The van der Waals surface area contributed by atoms with Crippen LogP contribution in [0.25, 0.3) is 6.08 Å². The summed E-state index contributed by atoms with van der Waals surface area (Å²) in [5, 5.41) is 11.5. The molecular weight excluding hydrogens is 528 g/mol. The fourth-order valence-corrected chi connectivity index (χ4v) is 4.34. The highest BCUT2D eigenvalue weighted by molar-refractivity contribution is 9.11. The Morgan fingerprint density at radius 1 is 1.19 bits per heavy atom. The van der Waals surface area contributed by atoms with Gasteiger partial charge in [-0.15, -0.1) is 0 Å². The molecule has 1 aliphatic rings. The number of amides is 1. The number of benzene rings is 2. The van der Waals surface area contributed by atoms with Gasteiger partial charge in [0.2, 0.25) is 0 Å². The van der Waals surface area contributed by atoms with Crippen molar-refractivity contribution < 1.29 is 9.72 Å². The number of halogens is 3. The first kappa shape index (κ1) is 19.5. The smallest absolute Gasteiger partial charge is 0.268 e. The lowest BCUT2D eigenvalue weighted by molar-refractivity contribution is -0.385. The van der Waals surface area contributed by atoms with Gasteiger partial charge in [0.1, 0.15) is 0 Å². The van der Waals surface area contributed by atoms with E-state index in [1.807, 2.05) is 0 Å². The van der Waals surface area contributed by atoms with Gasteiger partial charge in [-0.25, -0.2) is 0 Å². The molecule has 0 aliphatic carbocycles. The van der Waals surface area contributed by atoms with Crippen molar-refractivity contribution in [2.75, 3.05) is 4.90 Å². The van der Waals surface area contributed by atoms with Crippen molar-refractivity contribution in [2.45, 2.75) is 0 Å². The molecule has 0 spiro atoms. The first-order valence-electron chi connectivity index (χ1n) is 6.95. The maximum Gasteiger partial charge on any atom is 0.284 e. The molecule has 0 unspecified atom stereocenters. The number of nitrogens with zero attached hydrogens (tertiary/aromatic N) is 2. The van der Waals surface area contributed by atoms with Gasteiger partial charge in [-0.1, -0.05) is 41.6 Å². The molecular formula is C16H7Br2ClN2O3S2. The quantitative estimate of drug-likeness (QED) is 0.204. The highest BCUT2D eigenvalue weighted by Crippen LogP contribution is 2.38. The van der Waals surface area contributed by atoms with Gasteiger partial charge < -0.3 is 0 Å². The highest BCUT2D eigenvalue weighted by atomic mass is 79.9. The molecule has 132 valence electrons. The van der Waals surface area contributed by atoms with E-state index in [0.29, 0.717) is 34.4 Å². The van der Waals surface area contributed by atoms with E-state index < -0.39 is 4.92 Å². The second kappa shape index (κ2) is 7.77. The Labute approximate surface area is 179 Å². The molecule has 1 heterocycles. The number of thiocarbonyl (C=S) groups is 1. The van der Waals surface area contributed by atoms with Crippen molar-refractivity contribution in [1.82, 2.24) is 0 Å². The van der Waals surface area contributed by atoms with E-state index in [9.17, 15) is 14.9 Å². The lowest BCUT2D eigenvalue weighted by Gasteiger charge is -2.15. The van der Waals surface area contributed by atoms with Gasteiger partial charge in [0.05, 0.1) is 25.0 Å². The molecule has 5 nitrogen and oxygen atoms in total. The van der Waals surface area contributed by atoms with E-state index in [4.69, 9.17) is 23.8 Å². The number of anilines is 1. The molecule has 1 amide bonds. The third-order valence-electron chi connectivity index (χ3n) is 3.42. The standard InChI is InChI=1S/C16H7Br2ClN2O3S2/c17-10-4-2-9(7-12(10)19)20-15(22)14(26-16(20)25)6-8-1-3-11(18)13(5-8)21(23)24/h1-7H/b14-6-. The molecule has 2 aromatic rings. The van der Waals surface area contributed by atoms with Crippen LogP contribution in [-0.2, 0) is 4.79 Å². The molecule has 0 bridgehead atoms. The minimum Gasteiger partial charge on any atom is -0.268 e. The van der Waals surface area contributed by atoms with Crippen LogP contribution in [0.3, 0.4) is 0 Å². The van der Waals surface area contributed by atoms with Crippen LogP contribution in [0.5, 0.6) is 0 Å². The Morgan fingerprint density at radius 2 is 1.88 bits per heavy atom. The fraction of sp³-hybridized carbons (Fsp3) is 0. The number of thioether (sulfide) groups is 1. The molecule has 1 fully saturated rings. The largest absolute Gasteiger partial charge is 0.284 e. The first-order chi connectivity index (χ1) is 12.3. The summed E-state index contributed by atoms with van der Waals surface area (Å²) in [5.74, 6) is -0.302. The van der Waals surface area contributed by atoms with E-state index in [-0.39, 0.29) is 11.6 Å². The zero-order chi connectivity index (χ0) is 19.0. The number of carbonyl (C=O) groups is 1.